The lowest BCUT2D eigenvalue weighted by Gasteiger charge is -2.20. The van der Waals surface area contributed by atoms with E-state index >= 15 is 0 Å². The van der Waals surface area contributed by atoms with Crippen molar-refractivity contribution in [3.63, 3.8) is 0 Å². The van der Waals surface area contributed by atoms with Crippen LogP contribution in [0.3, 0.4) is 0 Å². The largest absolute Gasteiger partial charge is 0.478 e. The fourth-order valence-electron chi connectivity index (χ4n) is 5.08. The number of aromatic carboxylic acids is 1. The lowest BCUT2D eigenvalue weighted by Crippen LogP contribution is -2.32. The number of aromatic nitrogens is 2. The molecule has 0 spiro atoms. The minimum absolute atomic E-state index is 0.121. The number of carbonyl (C=O) groups is 2. The Kier molecular flexibility index (Phi) is 10.9. The molecule has 5 aromatic rings. The summed E-state index contributed by atoms with van der Waals surface area (Å²) in [7, 11) is -3.42. The molecular formula is C36H33Cl2N3O6S. The molecule has 1 atom stereocenters. The fraction of sp³-hybridized carbons (Fsp3) is 0.194. The minimum Gasteiger partial charge on any atom is -0.478 e. The van der Waals surface area contributed by atoms with Crippen LogP contribution in [0.15, 0.2) is 102 Å². The molecule has 1 aromatic heterocycles. The topological polar surface area (TPSA) is 128 Å². The maximum Gasteiger partial charge on any atom is 0.335 e. The zero-order chi connectivity index (χ0) is 34.4. The van der Waals surface area contributed by atoms with E-state index in [1.165, 1.54) is 36.4 Å². The molecule has 4 aromatic carbocycles. The molecule has 5 rings (SSSR count). The zero-order valence-corrected chi connectivity index (χ0v) is 28.5. The van der Waals surface area contributed by atoms with Gasteiger partial charge in [-0.1, -0.05) is 48.7 Å². The molecule has 48 heavy (non-hydrogen) atoms. The van der Waals surface area contributed by atoms with Crippen LogP contribution in [-0.4, -0.2) is 41.2 Å². The van der Waals surface area contributed by atoms with Gasteiger partial charge in [0.15, 0.2) is 9.84 Å². The van der Waals surface area contributed by atoms with E-state index in [-0.39, 0.29) is 16.4 Å². The molecule has 0 saturated carbocycles. The maximum atomic E-state index is 13.6. The lowest BCUT2D eigenvalue weighted by molar-refractivity contribution is 0.0696. The molecule has 9 nitrogen and oxygen atoms in total. The quantitative estimate of drug-likeness (QED) is 0.126. The van der Waals surface area contributed by atoms with Gasteiger partial charge in [-0.05, 0) is 97.3 Å². The van der Waals surface area contributed by atoms with Crippen LogP contribution in [-0.2, 0) is 22.8 Å². The number of unbranched alkanes of at least 4 members (excludes halogenated alkanes) is 1. The number of hydrogen-bond donors (Lipinski definition) is 2. The summed E-state index contributed by atoms with van der Waals surface area (Å²) in [6.07, 6.45) is 5.23. The monoisotopic (exact) mass is 705 g/mol. The van der Waals surface area contributed by atoms with E-state index < -0.39 is 21.8 Å². The van der Waals surface area contributed by atoms with E-state index in [0.717, 1.165) is 24.7 Å². The van der Waals surface area contributed by atoms with Gasteiger partial charge in [0, 0.05) is 35.1 Å². The number of aryl methyl sites for hydroxylation is 1. The van der Waals surface area contributed by atoms with Crippen molar-refractivity contribution in [2.45, 2.75) is 43.7 Å². The van der Waals surface area contributed by atoms with E-state index in [9.17, 15) is 18.0 Å². The number of carbonyl (C=O) groups excluding carboxylic acids is 1. The van der Waals surface area contributed by atoms with Crippen LogP contribution in [0.5, 0.6) is 11.5 Å². The second-order valence-corrected chi connectivity index (χ2v) is 14.1. The van der Waals surface area contributed by atoms with Crippen LogP contribution in [0.25, 0.3) is 11.3 Å². The average Bonchev–Trinajstić information content (AvgIpc) is 3.48. The molecule has 1 amide bonds. The van der Waals surface area contributed by atoms with Crippen molar-refractivity contribution in [2.75, 3.05) is 6.26 Å². The van der Waals surface area contributed by atoms with Gasteiger partial charge in [0.1, 0.15) is 17.3 Å². The molecular weight excluding hydrogens is 673 g/mol. The van der Waals surface area contributed by atoms with Crippen LogP contribution >= 0.6 is 23.2 Å². The number of rotatable bonds is 13. The van der Waals surface area contributed by atoms with Crippen molar-refractivity contribution in [3.8, 4) is 22.8 Å². The maximum absolute atomic E-state index is 13.6. The number of sulfone groups is 1. The highest BCUT2D eigenvalue weighted by atomic mass is 35.5. The van der Waals surface area contributed by atoms with Gasteiger partial charge in [-0.3, -0.25) is 4.79 Å². The van der Waals surface area contributed by atoms with Crippen LogP contribution in [0.1, 0.15) is 57.9 Å². The predicted octanol–water partition coefficient (Wildman–Crippen LogP) is 8.26. The average molecular weight is 707 g/mol. The van der Waals surface area contributed by atoms with E-state index in [1.54, 1.807) is 36.4 Å². The van der Waals surface area contributed by atoms with Crippen molar-refractivity contribution in [2.24, 2.45) is 0 Å². The number of nitrogens with zero attached hydrogens (tertiary/aromatic N) is 2. The highest BCUT2D eigenvalue weighted by Gasteiger charge is 2.24. The molecule has 0 fully saturated rings. The predicted molar refractivity (Wildman–Crippen MR) is 186 cm³/mol. The van der Waals surface area contributed by atoms with Gasteiger partial charge >= 0.3 is 5.97 Å². The molecule has 0 radical (unpaired) electrons. The van der Waals surface area contributed by atoms with Crippen LogP contribution in [0.2, 0.25) is 10.0 Å². The van der Waals surface area contributed by atoms with Crippen molar-refractivity contribution in [1.82, 2.24) is 14.9 Å². The number of carboxylic acids is 1. The lowest BCUT2D eigenvalue weighted by atomic mass is 10.0. The van der Waals surface area contributed by atoms with Gasteiger partial charge in [0.2, 0.25) is 0 Å². The third-order valence-corrected chi connectivity index (χ3v) is 9.31. The first-order valence-corrected chi connectivity index (χ1v) is 17.8. The van der Waals surface area contributed by atoms with Crippen LogP contribution < -0.4 is 10.1 Å². The van der Waals surface area contributed by atoms with Crippen LogP contribution in [0, 0.1) is 0 Å². The Bertz CT molecular complexity index is 2030. The van der Waals surface area contributed by atoms with Gasteiger partial charge in [-0.15, -0.1) is 0 Å². The molecule has 12 heteroatoms. The highest BCUT2D eigenvalue weighted by Crippen LogP contribution is 2.32. The molecule has 248 valence electrons. The van der Waals surface area contributed by atoms with Crippen LogP contribution in [0.4, 0.5) is 0 Å². The Balaban J connectivity index is 1.47. The Morgan fingerprint density at radius 1 is 0.917 bits per heavy atom. The summed E-state index contributed by atoms with van der Waals surface area (Å²) in [6.45, 7) is 2.75. The summed E-state index contributed by atoms with van der Waals surface area (Å²) < 4.78 is 31.9. The molecule has 0 bridgehead atoms. The summed E-state index contributed by atoms with van der Waals surface area (Å²) in [5.74, 6) is 0.270. The molecule has 0 unspecified atom stereocenters. The molecule has 0 aliphatic heterocycles. The minimum atomic E-state index is -3.42. The number of halogens is 2. The van der Waals surface area contributed by atoms with E-state index in [1.807, 2.05) is 29.0 Å². The number of imidazole rings is 1. The Labute approximate surface area is 289 Å². The molecule has 0 aliphatic carbocycles. The van der Waals surface area contributed by atoms with Crippen molar-refractivity contribution in [1.29, 1.82) is 0 Å². The van der Waals surface area contributed by atoms with Crippen molar-refractivity contribution >= 4 is 44.9 Å². The summed E-state index contributed by atoms with van der Waals surface area (Å²) in [4.78, 5) is 29.9. The van der Waals surface area contributed by atoms with Gasteiger partial charge in [0.05, 0.1) is 27.2 Å². The first-order valence-electron chi connectivity index (χ1n) is 15.1. The summed E-state index contributed by atoms with van der Waals surface area (Å²) in [5.41, 5.74) is 2.69. The third kappa shape index (κ3) is 8.63. The van der Waals surface area contributed by atoms with Crippen molar-refractivity contribution in [3.05, 3.63) is 130 Å². The Hall–Kier alpha value is -4.64. The second-order valence-electron chi connectivity index (χ2n) is 11.3. The Morgan fingerprint density at radius 2 is 1.54 bits per heavy atom. The molecule has 1 heterocycles. The van der Waals surface area contributed by atoms with E-state index in [0.29, 0.717) is 57.2 Å². The van der Waals surface area contributed by atoms with Gasteiger partial charge in [0.25, 0.3) is 5.91 Å². The van der Waals surface area contributed by atoms with Crippen molar-refractivity contribution < 1.29 is 27.9 Å². The normalized spacial score (nSPS) is 12.0. The summed E-state index contributed by atoms with van der Waals surface area (Å²) >= 11 is 12.7. The first-order chi connectivity index (χ1) is 22.9. The third-order valence-electron chi connectivity index (χ3n) is 7.63. The standard InChI is InChI=1S/C36H33Cl2N3O6S/c1-3-4-19-41-22-33(30-18-11-26(37)21-31(30)38)39-34(41)32(40-35(42)24-9-16-29(17-10-24)48(2,45)46)20-23-5-12-27(13-6-23)47-28-14-7-25(8-15-28)36(43)44/h5-18,21-22,32H,3-4,19-20H2,1-2H3,(H,40,42)(H,43,44)/t32-/m0/s1. The first kappa shape index (κ1) is 34.7. The number of amides is 1. The smallest absolute Gasteiger partial charge is 0.335 e. The van der Waals surface area contributed by atoms with Gasteiger partial charge in [-0.2, -0.15) is 0 Å². The SMILES string of the molecule is CCCCn1cc(-c2ccc(Cl)cc2Cl)nc1[C@H](Cc1ccc(Oc2ccc(C(=O)O)cc2)cc1)NC(=O)c1ccc(S(C)(=O)=O)cc1. The van der Waals surface area contributed by atoms with E-state index in [2.05, 4.69) is 12.2 Å². The Morgan fingerprint density at radius 3 is 2.12 bits per heavy atom. The number of ether oxygens (including phenoxy) is 1. The summed E-state index contributed by atoms with van der Waals surface area (Å²) in [5, 5.41) is 13.2. The zero-order valence-electron chi connectivity index (χ0n) is 26.2. The van der Waals surface area contributed by atoms with Gasteiger partial charge < -0.3 is 19.7 Å². The number of carboxylic acid groups (broad SMARTS) is 1. The highest BCUT2D eigenvalue weighted by molar-refractivity contribution is 7.90. The molecule has 2 N–H and O–H groups in total. The fourth-order valence-corrected chi connectivity index (χ4v) is 6.21. The second kappa shape index (κ2) is 15.1. The van der Waals surface area contributed by atoms with Gasteiger partial charge in [-0.25, -0.2) is 18.2 Å². The number of benzene rings is 4. The van der Waals surface area contributed by atoms with E-state index in [4.69, 9.17) is 38.0 Å². The number of nitrogens with one attached hydrogen (secondary N) is 1. The molecule has 0 saturated heterocycles. The summed E-state index contributed by atoms with van der Waals surface area (Å²) in [6, 6.07) is 23.9. The molecule has 0 aliphatic rings. The number of hydrogen-bond acceptors (Lipinski definition) is 6.